The average Bonchev–Trinajstić information content (AvgIpc) is 2.39. The Hall–Kier alpha value is -1.93. The summed E-state index contributed by atoms with van der Waals surface area (Å²) < 4.78 is 1.16. The van der Waals surface area contributed by atoms with Crippen molar-refractivity contribution in [3.8, 4) is 11.1 Å². The quantitative estimate of drug-likeness (QED) is 0.633. The Morgan fingerprint density at radius 2 is 1.67 bits per heavy atom. The Labute approximate surface area is 109 Å². The monoisotopic (exact) mass is 252 g/mol. The summed E-state index contributed by atoms with van der Waals surface area (Å²) in [4.78, 5) is 12.1. The smallest absolute Gasteiger partial charge is 0.240 e. The summed E-state index contributed by atoms with van der Waals surface area (Å²) in [6.07, 6.45) is 0. The van der Waals surface area contributed by atoms with Crippen LogP contribution in [0.25, 0.3) is 21.2 Å². The van der Waals surface area contributed by atoms with E-state index in [1.54, 1.807) is 0 Å². The number of rotatable bonds is 1. The van der Waals surface area contributed by atoms with Crippen LogP contribution in [0, 0.1) is 6.92 Å². The lowest BCUT2D eigenvalue weighted by Crippen LogP contribution is -1.98. The first-order valence-corrected chi connectivity index (χ1v) is 6.65. The molecule has 0 N–H and O–H groups in total. The van der Waals surface area contributed by atoms with Crippen molar-refractivity contribution in [2.75, 3.05) is 0 Å². The molecule has 88 valence electrons. The Kier molecular flexibility index (Phi) is 2.73. The van der Waals surface area contributed by atoms with Crippen molar-refractivity contribution in [3.05, 3.63) is 69.7 Å². The molecule has 0 atom stereocenters. The lowest BCUT2D eigenvalue weighted by Gasteiger charge is -2.03. The van der Waals surface area contributed by atoms with E-state index in [0.717, 1.165) is 21.2 Å². The predicted octanol–water partition coefficient (Wildman–Crippen LogP) is 4.24. The van der Waals surface area contributed by atoms with Crippen molar-refractivity contribution in [1.82, 2.24) is 0 Å². The zero-order valence-corrected chi connectivity index (χ0v) is 10.8. The van der Waals surface area contributed by atoms with Crippen molar-refractivity contribution in [1.29, 1.82) is 0 Å². The maximum Gasteiger partial charge on any atom is 0.240 e. The Bertz CT molecular complexity index is 754. The van der Waals surface area contributed by atoms with Crippen molar-refractivity contribution in [2.45, 2.75) is 6.92 Å². The van der Waals surface area contributed by atoms with Crippen LogP contribution < -0.4 is 4.74 Å². The molecule has 2 aromatic carbocycles. The molecule has 0 amide bonds. The molecule has 3 rings (SSSR count). The van der Waals surface area contributed by atoms with E-state index >= 15 is 0 Å². The van der Waals surface area contributed by atoms with Crippen LogP contribution in [0.1, 0.15) is 5.56 Å². The van der Waals surface area contributed by atoms with E-state index in [-0.39, 0.29) is 4.74 Å². The zero-order chi connectivity index (χ0) is 12.5. The van der Waals surface area contributed by atoms with Crippen molar-refractivity contribution >= 4 is 21.4 Å². The molecule has 0 aliphatic heterocycles. The van der Waals surface area contributed by atoms with E-state index in [2.05, 4.69) is 0 Å². The lowest BCUT2D eigenvalue weighted by atomic mass is 10.1. The topological polar surface area (TPSA) is 17.1 Å². The molecule has 0 fully saturated rings. The third-order valence-electron chi connectivity index (χ3n) is 3.00. The number of aryl methyl sites for hydroxylation is 1. The molecule has 0 aliphatic rings. The minimum Gasteiger partial charge on any atom is -0.277 e. The van der Waals surface area contributed by atoms with E-state index in [1.165, 1.54) is 16.9 Å². The molecule has 0 saturated heterocycles. The fourth-order valence-corrected chi connectivity index (χ4v) is 2.87. The minimum atomic E-state index is 0.123. The molecular weight excluding hydrogens is 240 g/mol. The predicted molar refractivity (Wildman–Crippen MR) is 78.3 cm³/mol. The maximum absolute atomic E-state index is 12.1. The highest BCUT2D eigenvalue weighted by molar-refractivity contribution is 7.16. The fourth-order valence-electron chi connectivity index (χ4n) is 2.00. The number of hydrogen-bond donors (Lipinski definition) is 0. The molecule has 18 heavy (non-hydrogen) atoms. The van der Waals surface area contributed by atoms with E-state index in [0.29, 0.717) is 0 Å². The van der Waals surface area contributed by atoms with Gasteiger partial charge in [-0.05, 0) is 30.0 Å². The molecule has 0 saturated carbocycles. The largest absolute Gasteiger partial charge is 0.277 e. The second-order valence-electron chi connectivity index (χ2n) is 4.35. The highest BCUT2D eigenvalue weighted by Gasteiger charge is 2.05. The van der Waals surface area contributed by atoms with Gasteiger partial charge in [0.2, 0.25) is 4.74 Å². The fraction of sp³-hybridized carbons (Fsp3) is 0.0625. The van der Waals surface area contributed by atoms with Gasteiger partial charge in [-0.15, -0.1) is 0 Å². The SMILES string of the molecule is Cc1ccc(-c2cc3ccccc3sc2=O)cc1. The highest BCUT2D eigenvalue weighted by Crippen LogP contribution is 2.23. The van der Waals surface area contributed by atoms with E-state index in [1.807, 2.05) is 61.5 Å². The van der Waals surface area contributed by atoms with Crippen LogP contribution in [-0.2, 0) is 0 Å². The van der Waals surface area contributed by atoms with Gasteiger partial charge in [0.1, 0.15) is 0 Å². The standard InChI is InChI=1S/C16H12OS/c1-11-6-8-12(9-7-11)14-10-13-4-2-3-5-15(13)18-16(14)17/h2-10H,1H3. The maximum atomic E-state index is 12.1. The van der Waals surface area contributed by atoms with Crippen LogP contribution >= 0.6 is 11.3 Å². The summed E-state index contributed by atoms with van der Waals surface area (Å²) in [7, 11) is 0. The van der Waals surface area contributed by atoms with Crippen molar-refractivity contribution < 1.29 is 0 Å². The van der Waals surface area contributed by atoms with Gasteiger partial charge in [-0.1, -0.05) is 59.4 Å². The van der Waals surface area contributed by atoms with Gasteiger partial charge in [-0.2, -0.15) is 0 Å². The molecule has 0 radical (unpaired) electrons. The van der Waals surface area contributed by atoms with Crippen LogP contribution in [-0.4, -0.2) is 0 Å². The third-order valence-corrected chi connectivity index (χ3v) is 4.00. The van der Waals surface area contributed by atoms with Crippen LogP contribution in [0.15, 0.2) is 59.4 Å². The van der Waals surface area contributed by atoms with E-state index < -0.39 is 0 Å². The van der Waals surface area contributed by atoms with Gasteiger partial charge in [-0.25, -0.2) is 0 Å². The second kappa shape index (κ2) is 4.39. The molecule has 0 unspecified atom stereocenters. The van der Waals surface area contributed by atoms with Gasteiger partial charge in [0, 0.05) is 10.3 Å². The highest BCUT2D eigenvalue weighted by atomic mass is 32.1. The zero-order valence-electron chi connectivity index (χ0n) is 10.0. The summed E-state index contributed by atoms with van der Waals surface area (Å²) >= 11 is 1.31. The van der Waals surface area contributed by atoms with E-state index in [9.17, 15) is 4.79 Å². The number of benzene rings is 2. The Morgan fingerprint density at radius 1 is 0.944 bits per heavy atom. The molecule has 0 bridgehead atoms. The average molecular weight is 252 g/mol. The number of hydrogen-bond acceptors (Lipinski definition) is 2. The first kappa shape index (κ1) is 11.2. The van der Waals surface area contributed by atoms with Gasteiger partial charge in [0.05, 0.1) is 0 Å². The van der Waals surface area contributed by atoms with Gasteiger partial charge in [0.15, 0.2) is 0 Å². The first-order valence-electron chi connectivity index (χ1n) is 5.84. The Balaban J connectivity index is 2.26. The Morgan fingerprint density at radius 3 is 2.44 bits per heavy atom. The summed E-state index contributed by atoms with van der Waals surface area (Å²) in [6, 6.07) is 18.1. The summed E-state index contributed by atoms with van der Waals surface area (Å²) in [5.74, 6) is 0. The molecule has 0 aliphatic carbocycles. The normalized spacial score (nSPS) is 10.7. The van der Waals surface area contributed by atoms with E-state index in [4.69, 9.17) is 0 Å². The van der Waals surface area contributed by atoms with Crippen LogP contribution in [0.5, 0.6) is 0 Å². The third kappa shape index (κ3) is 1.95. The molecule has 1 heterocycles. The van der Waals surface area contributed by atoms with Gasteiger partial charge >= 0.3 is 0 Å². The molecule has 2 heteroatoms. The van der Waals surface area contributed by atoms with Crippen molar-refractivity contribution in [2.24, 2.45) is 0 Å². The minimum absolute atomic E-state index is 0.123. The summed E-state index contributed by atoms with van der Waals surface area (Å²) in [5.41, 5.74) is 2.99. The second-order valence-corrected chi connectivity index (χ2v) is 5.37. The molecule has 3 aromatic rings. The first-order chi connectivity index (χ1) is 8.74. The number of fused-ring (bicyclic) bond motifs is 1. The summed E-state index contributed by atoms with van der Waals surface area (Å²) in [5, 5.41) is 1.12. The van der Waals surface area contributed by atoms with Gasteiger partial charge in [-0.3, -0.25) is 4.79 Å². The van der Waals surface area contributed by atoms with Crippen molar-refractivity contribution in [3.63, 3.8) is 0 Å². The van der Waals surface area contributed by atoms with Crippen LogP contribution in [0.2, 0.25) is 0 Å². The molecule has 1 aromatic heterocycles. The van der Waals surface area contributed by atoms with Crippen LogP contribution in [0.4, 0.5) is 0 Å². The van der Waals surface area contributed by atoms with Gasteiger partial charge < -0.3 is 0 Å². The van der Waals surface area contributed by atoms with Gasteiger partial charge in [0.25, 0.3) is 0 Å². The van der Waals surface area contributed by atoms with Crippen LogP contribution in [0.3, 0.4) is 0 Å². The summed E-state index contributed by atoms with van der Waals surface area (Å²) in [6.45, 7) is 2.05. The molecule has 1 nitrogen and oxygen atoms in total. The molecular formula is C16H12OS. The molecule has 0 spiro atoms. The lowest BCUT2D eigenvalue weighted by molar-refractivity contribution is 1.47.